The highest BCUT2D eigenvalue weighted by Gasteiger charge is 2.23. The molecule has 5 nitrogen and oxygen atoms in total. The number of hydrogen-bond acceptors (Lipinski definition) is 4. The first-order valence-electron chi connectivity index (χ1n) is 10.8. The molecule has 4 aromatic rings. The van der Waals surface area contributed by atoms with Crippen molar-refractivity contribution in [3.8, 4) is 23.3 Å². The zero-order chi connectivity index (χ0) is 22.8. The largest absolute Gasteiger partial charge is 0.493 e. The molecule has 0 aliphatic heterocycles. The first kappa shape index (κ1) is 20.8. The van der Waals surface area contributed by atoms with Crippen LogP contribution in [0.3, 0.4) is 0 Å². The van der Waals surface area contributed by atoms with E-state index in [0.29, 0.717) is 35.5 Å². The molecule has 3 aromatic carbocycles. The number of para-hydroxylation sites is 3. The molecule has 0 unspecified atom stereocenters. The van der Waals surface area contributed by atoms with E-state index in [1.54, 1.807) is 13.2 Å². The molecule has 164 valence electrons. The number of hydrogen-bond donors (Lipinski definition) is 0. The number of ether oxygens (including phenoxy) is 2. The molecule has 1 aliphatic carbocycles. The second-order valence-corrected chi connectivity index (χ2v) is 8.04. The van der Waals surface area contributed by atoms with Crippen LogP contribution >= 0.6 is 0 Å². The van der Waals surface area contributed by atoms with Gasteiger partial charge in [0.05, 0.1) is 30.3 Å². The highest BCUT2D eigenvalue weighted by atomic mass is 19.1. The van der Waals surface area contributed by atoms with Gasteiger partial charge in [-0.2, -0.15) is 5.26 Å². The van der Waals surface area contributed by atoms with Gasteiger partial charge in [-0.25, -0.2) is 9.37 Å². The number of aromatic nitrogens is 2. The molecular weight excluding hydrogens is 417 g/mol. The Bertz CT molecular complexity index is 1400. The number of nitrogens with zero attached hydrogens (tertiary/aromatic N) is 3. The molecule has 1 heterocycles. The number of rotatable bonds is 7. The van der Waals surface area contributed by atoms with Gasteiger partial charge in [0.25, 0.3) is 0 Å². The fraction of sp³-hybridized carbons (Fsp3) is 0.185. The standard InChI is InChI=1S/C27H22FN3O2/c1-32-25-8-4-5-19(27(25)33-17-18-9-10-18)11-14-26-30-23-6-2-3-7-24(23)31(26)21-12-13-22(28)20(15-21)16-29/h2-8,11-15,18H,9-10,17H2,1H3/b14-11+. The Morgan fingerprint density at radius 2 is 1.97 bits per heavy atom. The van der Waals surface area contributed by atoms with Gasteiger partial charge in [-0.3, -0.25) is 4.57 Å². The van der Waals surface area contributed by atoms with E-state index >= 15 is 0 Å². The van der Waals surface area contributed by atoms with Crippen molar-refractivity contribution in [1.29, 1.82) is 5.26 Å². The minimum absolute atomic E-state index is 0.0104. The molecule has 1 aromatic heterocycles. The Kier molecular flexibility index (Phi) is 5.54. The maximum Gasteiger partial charge on any atom is 0.168 e. The maximum absolute atomic E-state index is 14.0. The molecule has 0 radical (unpaired) electrons. The third kappa shape index (κ3) is 4.18. The monoisotopic (exact) mass is 439 g/mol. The summed E-state index contributed by atoms with van der Waals surface area (Å²) in [6.07, 6.45) is 6.24. The molecule has 33 heavy (non-hydrogen) atoms. The molecule has 0 atom stereocenters. The van der Waals surface area contributed by atoms with Crippen LogP contribution in [-0.2, 0) is 0 Å². The van der Waals surface area contributed by atoms with Crippen molar-refractivity contribution in [3.05, 3.63) is 83.4 Å². The lowest BCUT2D eigenvalue weighted by Gasteiger charge is -2.13. The first-order chi connectivity index (χ1) is 16.2. The van der Waals surface area contributed by atoms with E-state index in [4.69, 9.17) is 14.5 Å². The SMILES string of the molecule is COc1cccc(/C=C/c2nc3ccccc3n2-c2ccc(F)c(C#N)c2)c1OCC1CC1. The zero-order valence-electron chi connectivity index (χ0n) is 18.2. The van der Waals surface area contributed by atoms with Gasteiger partial charge in [0.1, 0.15) is 17.7 Å². The number of halogens is 1. The summed E-state index contributed by atoms with van der Waals surface area (Å²) in [5, 5.41) is 9.29. The second-order valence-electron chi connectivity index (χ2n) is 8.04. The molecule has 6 heteroatoms. The molecule has 0 bridgehead atoms. The second kappa shape index (κ2) is 8.79. The van der Waals surface area contributed by atoms with Gasteiger partial charge in [-0.15, -0.1) is 0 Å². The van der Waals surface area contributed by atoms with E-state index in [0.717, 1.165) is 16.6 Å². The number of benzene rings is 3. The van der Waals surface area contributed by atoms with Crippen LogP contribution in [0.2, 0.25) is 0 Å². The predicted molar refractivity (Wildman–Crippen MR) is 126 cm³/mol. The third-order valence-corrected chi connectivity index (χ3v) is 5.72. The van der Waals surface area contributed by atoms with Crippen molar-refractivity contribution in [3.63, 3.8) is 0 Å². The van der Waals surface area contributed by atoms with Crippen LogP contribution in [-0.4, -0.2) is 23.3 Å². The summed E-state index contributed by atoms with van der Waals surface area (Å²) in [5.74, 6) is 2.12. The Labute approximate surface area is 191 Å². The summed E-state index contributed by atoms with van der Waals surface area (Å²) in [6, 6.07) is 19.9. The highest BCUT2D eigenvalue weighted by molar-refractivity contribution is 5.83. The number of methoxy groups -OCH3 is 1. The van der Waals surface area contributed by atoms with Gasteiger partial charge >= 0.3 is 0 Å². The summed E-state index contributed by atoms with van der Waals surface area (Å²) in [4.78, 5) is 4.77. The van der Waals surface area contributed by atoms with Crippen molar-refractivity contribution >= 4 is 23.2 Å². The Morgan fingerprint density at radius 1 is 1.12 bits per heavy atom. The number of fused-ring (bicyclic) bond motifs is 1. The van der Waals surface area contributed by atoms with Crippen molar-refractivity contribution in [2.75, 3.05) is 13.7 Å². The van der Waals surface area contributed by atoms with Gasteiger partial charge in [0.15, 0.2) is 11.5 Å². The Balaban J connectivity index is 1.59. The Morgan fingerprint density at radius 3 is 2.76 bits per heavy atom. The topological polar surface area (TPSA) is 60.1 Å². The van der Waals surface area contributed by atoms with Crippen LogP contribution in [0.5, 0.6) is 11.5 Å². The van der Waals surface area contributed by atoms with E-state index in [1.165, 1.54) is 25.0 Å². The van der Waals surface area contributed by atoms with E-state index in [1.807, 2.05) is 65.3 Å². The summed E-state index contributed by atoms with van der Waals surface area (Å²) in [7, 11) is 1.63. The van der Waals surface area contributed by atoms with E-state index in [9.17, 15) is 9.65 Å². The first-order valence-corrected chi connectivity index (χ1v) is 10.8. The van der Waals surface area contributed by atoms with E-state index in [-0.39, 0.29) is 5.56 Å². The van der Waals surface area contributed by atoms with E-state index in [2.05, 4.69) is 0 Å². The highest BCUT2D eigenvalue weighted by Crippen LogP contribution is 2.36. The third-order valence-electron chi connectivity index (χ3n) is 5.72. The van der Waals surface area contributed by atoms with Crippen molar-refractivity contribution in [1.82, 2.24) is 9.55 Å². The summed E-state index contributed by atoms with van der Waals surface area (Å²) >= 11 is 0. The zero-order valence-corrected chi connectivity index (χ0v) is 18.2. The number of nitriles is 1. The van der Waals surface area contributed by atoms with Crippen LogP contribution < -0.4 is 9.47 Å². The van der Waals surface area contributed by atoms with Crippen LogP contribution in [0.4, 0.5) is 4.39 Å². The summed E-state index contributed by atoms with van der Waals surface area (Å²) in [5.41, 5.74) is 3.20. The number of imidazole rings is 1. The maximum atomic E-state index is 14.0. The molecule has 0 saturated heterocycles. The average molecular weight is 439 g/mol. The summed E-state index contributed by atoms with van der Waals surface area (Å²) < 4.78 is 27.5. The lowest BCUT2D eigenvalue weighted by molar-refractivity contribution is 0.280. The van der Waals surface area contributed by atoms with Gasteiger partial charge in [0.2, 0.25) is 0 Å². The molecule has 0 spiro atoms. The summed E-state index contributed by atoms with van der Waals surface area (Å²) in [6.45, 7) is 0.673. The average Bonchev–Trinajstić information content (AvgIpc) is 3.60. The van der Waals surface area contributed by atoms with Gasteiger partial charge in [0, 0.05) is 11.3 Å². The van der Waals surface area contributed by atoms with Crippen LogP contribution in [0.1, 0.15) is 29.8 Å². The fourth-order valence-electron chi connectivity index (χ4n) is 3.80. The minimum atomic E-state index is -0.545. The molecule has 1 saturated carbocycles. The van der Waals surface area contributed by atoms with Crippen LogP contribution in [0, 0.1) is 23.1 Å². The lowest BCUT2D eigenvalue weighted by atomic mass is 10.1. The lowest BCUT2D eigenvalue weighted by Crippen LogP contribution is -2.02. The minimum Gasteiger partial charge on any atom is -0.493 e. The normalized spacial score (nSPS) is 13.4. The van der Waals surface area contributed by atoms with Gasteiger partial charge < -0.3 is 9.47 Å². The van der Waals surface area contributed by atoms with Crippen molar-refractivity contribution < 1.29 is 13.9 Å². The molecular formula is C27H22FN3O2. The quantitative estimate of drug-likeness (QED) is 0.354. The molecule has 1 aliphatic rings. The molecule has 1 fully saturated rings. The van der Waals surface area contributed by atoms with Crippen molar-refractivity contribution in [2.45, 2.75) is 12.8 Å². The van der Waals surface area contributed by atoms with Crippen LogP contribution in [0.25, 0.3) is 28.9 Å². The molecule has 5 rings (SSSR count). The predicted octanol–water partition coefficient (Wildman–Crippen LogP) is 6.00. The molecule has 0 N–H and O–H groups in total. The smallest absolute Gasteiger partial charge is 0.168 e. The molecule has 0 amide bonds. The van der Waals surface area contributed by atoms with Gasteiger partial charge in [-0.05, 0) is 67.3 Å². The fourth-order valence-corrected chi connectivity index (χ4v) is 3.80. The Hall–Kier alpha value is -4.11. The van der Waals surface area contributed by atoms with Crippen molar-refractivity contribution in [2.24, 2.45) is 5.92 Å². The van der Waals surface area contributed by atoms with Crippen LogP contribution in [0.15, 0.2) is 60.7 Å². The van der Waals surface area contributed by atoms with E-state index < -0.39 is 5.82 Å². The van der Waals surface area contributed by atoms with Gasteiger partial charge in [-0.1, -0.05) is 24.3 Å².